The van der Waals surface area contributed by atoms with Crippen LogP contribution in [0.4, 0.5) is 5.82 Å². The van der Waals surface area contributed by atoms with Crippen molar-refractivity contribution in [2.75, 3.05) is 31.1 Å². The van der Waals surface area contributed by atoms with E-state index in [4.69, 9.17) is 20.2 Å². The van der Waals surface area contributed by atoms with Gasteiger partial charge in [-0.2, -0.15) is 5.26 Å². The van der Waals surface area contributed by atoms with Gasteiger partial charge in [0.25, 0.3) is 5.91 Å². The van der Waals surface area contributed by atoms with Crippen molar-refractivity contribution in [3.05, 3.63) is 23.9 Å². The van der Waals surface area contributed by atoms with Crippen LogP contribution in [0.2, 0.25) is 18.1 Å². The normalized spacial score (nSPS) is 25.3. The summed E-state index contributed by atoms with van der Waals surface area (Å²) in [7, 11) is -2.08. The molecule has 2 aliphatic rings. The van der Waals surface area contributed by atoms with E-state index in [1.54, 1.807) is 12.3 Å². The number of amides is 1. The van der Waals surface area contributed by atoms with Crippen LogP contribution in [0.15, 0.2) is 18.3 Å². The van der Waals surface area contributed by atoms with Gasteiger partial charge in [0.1, 0.15) is 18.0 Å². The molecule has 0 spiro atoms. The van der Waals surface area contributed by atoms with Crippen molar-refractivity contribution < 1.29 is 14.0 Å². The van der Waals surface area contributed by atoms with Gasteiger partial charge in [0.05, 0.1) is 24.3 Å². The molecule has 2 N–H and O–H groups in total. The average molecular weight is 474 g/mol. The Balaban J connectivity index is 1.80. The van der Waals surface area contributed by atoms with E-state index in [9.17, 15) is 4.79 Å². The second kappa shape index (κ2) is 10.1. The number of hydrogen-bond acceptors (Lipinski definition) is 7. The van der Waals surface area contributed by atoms with Gasteiger partial charge in [-0.25, -0.2) is 4.98 Å². The molecule has 0 saturated carbocycles. The fourth-order valence-corrected chi connectivity index (χ4v) is 5.55. The molecule has 8 nitrogen and oxygen atoms in total. The lowest BCUT2D eigenvalue weighted by atomic mass is 10.00. The number of carbonyl (C=O) groups excluding carboxylic acids is 1. The number of ether oxygens (including phenoxy) is 1. The Kier molecular flexibility index (Phi) is 7.84. The lowest BCUT2D eigenvalue weighted by Gasteiger charge is -2.48. The van der Waals surface area contributed by atoms with Gasteiger partial charge in [-0.1, -0.05) is 20.8 Å². The number of carbonyl (C=O) groups is 1. The summed E-state index contributed by atoms with van der Waals surface area (Å²) in [5, 5.41) is 9.14. The average Bonchev–Trinajstić information content (AvgIpc) is 3.11. The Bertz CT molecular complexity index is 862. The zero-order valence-electron chi connectivity index (χ0n) is 20.9. The summed E-state index contributed by atoms with van der Waals surface area (Å²) in [6.07, 6.45) is 2.56. The van der Waals surface area contributed by atoms with Crippen LogP contribution in [-0.4, -0.2) is 74.6 Å². The predicted molar refractivity (Wildman–Crippen MR) is 131 cm³/mol. The summed E-state index contributed by atoms with van der Waals surface area (Å²) in [5.74, 6) is 0.886. The molecule has 3 rings (SSSR count). The summed E-state index contributed by atoms with van der Waals surface area (Å²) in [4.78, 5) is 21.9. The first kappa shape index (κ1) is 25.6. The standard InChI is InChI=1S/C24H39N5O3Si/c1-17(26)16-31-20-10-12-29(23(20)30)19-9-11-28(22-8-7-18(13-25)14-27-22)15-21(19)32-33(5,6)24(2,3)4/h7-8,14,17,19-21H,9-12,15-16,26H2,1-6H3/t17?,19-,20-,21-/m1/s1. The van der Waals surface area contributed by atoms with Gasteiger partial charge >= 0.3 is 0 Å². The Morgan fingerprint density at radius 2 is 2.03 bits per heavy atom. The molecule has 1 amide bonds. The molecule has 0 aromatic carbocycles. The first-order valence-corrected chi connectivity index (χ1v) is 14.8. The number of rotatable bonds is 7. The van der Waals surface area contributed by atoms with Crippen molar-refractivity contribution in [3.63, 3.8) is 0 Å². The van der Waals surface area contributed by atoms with Crippen LogP contribution in [0.5, 0.6) is 0 Å². The molecule has 0 radical (unpaired) electrons. The lowest BCUT2D eigenvalue weighted by Crippen LogP contribution is -2.60. The highest BCUT2D eigenvalue weighted by atomic mass is 28.4. The molecule has 3 heterocycles. The van der Waals surface area contributed by atoms with E-state index in [-0.39, 0.29) is 29.1 Å². The minimum absolute atomic E-state index is 0.00477. The summed E-state index contributed by atoms with van der Waals surface area (Å²) >= 11 is 0. The maximum absolute atomic E-state index is 13.2. The zero-order chi connectivity index (χ0) is 24.4. The number of anilines is 1. The quantitative estimate of drug-likeness (QED) is 0.607. The number of likely N-dealkylation sites (tertiary alicyclic amines) is 1. The van der Waals surface area contributed by atoms with Gasteiger partial charge in [0.15, 0.2) is 8.32 Å². The second-order valence-electron chi connectivity index (χ2n) is 10.9. The van der Waals surface area contributed by atoms with Crippen LogP contribution in [-0.2, 0) is 14.0 Å². The van der Waals surface area contributed by atoms with Gasteiger partial charge in [-0.15, -0.1) is 0 Å². The molecule has 2 aliphatic heterocycles. The first-order chi connectivity index (χ1) is 15.4. The highest BCUT2D eigenvalue weighted by molar-refractivity contribution is 6.74. The van der Waals surface area contributed by atoms with Crippen LogP contribution in [0.3, 0.4) is 0 Å². The predicted octanol–water partition coefficient (Wildman–Crippen LogP) is 2.89. The molecule has 1 unspecified atom stereocenters. The van der Waals surface area contributed by atoms with Crippen molar-refractivity contribution in [3.8, 4) is 6.07 Å². The van der Waals surface area contributed by atoms with Crippen LogP contribution < -0.4 is 10.6 Å². The molecule has 4 atom stereocenters. The van der Waals surface area contributed by atoms with Gasteiger partial charge in [-0.05, 0) is 43.6 Å². The molecule has 9 heteroatoms. The largest absolute Gasteiger partial charge is 0.410 e. The molecule has 2 fully saturated rings. The monoisotopic (exact) mass is 473 g/mol. The van der Waals surface area contributed by atoms with E-state index in [0.29, 0.717) is 31.7 Å². The van der Waals surface area contributed by atoms with Gasteiger partial charge in [0, 0.05) is 38.3 Å². The third kappa shape index (κ3) is 5.93. The fourth-order valence-electron chi connectivity index (χ4n) is 4.21. The van der Waals surface area contributed by atoms with E-state index >= 15 is 0 Å². The van der Waals surface area contributed by atoms with Crippen molar-refractivity contribution in [2.45, 2.75) is 83.0 Å². The fraction of sp³-hybridized carbons (Fsp3) is 0.708. The van der Waals surface area contributed by atoms with E-state index in [0.717, 1.165) is 18.8 Å². The summed E-state index contributed by atoms with van der Waals surface area (Å²) in [6, 6.07) is 5.72. The van der Waals surface area contributed by atoms with Crippen LogP contribution in [0.1, 0.15) is 46.1 Å². The molecule has 1 aromatic heterocycles. The zero-order valence-corrected chi connectivity index (χ0v) is 21.9. The van der Waals surface area contributed by atoms with Crippen molar-refractivity contribution in [2.24, 2.45) is 5.73 Å². The molecular weight excluding hydrogens is 434 g/mol. The van der Waals surface area contributed by atoms with E-state index < -0.39 is 14.4 Å². The molecule has 0 bridgehead atoms. The Morgan fingerprint density at radius 3 is 2.61 bits per heavy atom. The van der Waals surface area contributed by atoms with Crippen molar-refractivity contribution in [1.29, 1.82) is 5.26 Å². The number of piperidine rings is 1. The first-order valence-electron chi connectivity index (χ1n) is 11.9. The molecule has 182 valence electrons. The van der Waals surface area contributed by atoms with E-state index in [1.165, 1.54) is 0 Å². The Morgan fingerprint density at radius 1 is 1.30 bits per heavy atom. The van der Waals surface area contributed by atoms with Gasteiger partial charge in [0.2, 0.25) is 0 Å². The van der Waals surface area contributed by atoms with E-state index in [1.807, 2.05) is 17.9 Å². The van der Waals surface area contributed by atoms with Gasteiger partial charge < -0.3 is 24.7 Å². The summed E-state index contributed by atoms with van der Waals surface area (Å²) < 4.78 is 12.7. The molecule has 0 aliphatic carbocycles. The number of aromatic nitrogens is 1. The second-order valence-corrected chi connectivity index (χ2v) is 15.6. The third-order valence-electron chi connectivity index (χ3n) is 7.13. The number of nitrogens with zero attached hydrogens (tertiary/aromatic N) is 4. The summed E-state index contributed by atoms with van der Waals surface area (Å²) in [6.45, 7) is 15.6. The van der Waals surface area contributed by atoms with Crippen LogP contribution in [0, 0.1) is 11.3 Å². The Labute approximate surface area is 199 Å². The highest BCUT2D eigenvalue weighted by Crippen LogP contribution is 2.39. The maximum atomic E-state index is 13.2. The van der Waals surface area contributed by atoms with Crippen molar-refractivity contribution >= 4 is 20.0 Å². The van der Waals surface area contributed by atoms with Crippen molar-refractivity contribution in [1.82, 2.24) is 9.88 Å². The SMILES string of the molecule is CC(N)CO[C@@H]1CCN([C@@H]2CCN(c3ccc(C#N)cn3)C[C@H]2O[Si](C)(C)C(C)(C)C)C1=O. The lowest BCUT2D eigenvalue weighted by molar-refractivity contribution is -0.141. The van der Waals surface area contributed by atoms with Crippen LogP contribution >= 0.6 is 0 Å². The minimum Gasteiger partial charge on any atom is -0.410 e. The maximum Gasteiger partial charge on any atom is 0.252 e. The smallest absolute Gasteiger partial charge is 0.252 e. The van der Waals surface area contributed by atoms with Crippen LogP contribution in [0.25, 0.3) is 0 Å². The molecule has 2 saturated heterocycles. The number of pyridine rings is 1. The van der Waals surface area contributed by atoms with E-state index in [2.05, 4.69) is 49.8 Å². The minimum atomic E-state index is -2.08. The van der Waals surface area contributed by atoms with Gasteiger partial charge in [-0.3, -0.25) is 4.79 Å². The third-order valence-corrected chi connectivity index (χ3v) is 11.6. The Hall–Kier alpha value is -1.99. The number of nitrogens with two attached hydrogens (primary N) is 1. The summed E-state index contributed by atoms with van der Waals surface area (Å²) in [5.41, 5.74) is 6.36. The number of nitriles is 1. The molecule has 1 aromatic rings. The number of hydrogen-bond donors (Lipinski definition) is 1. The molecular formula is C24H39N5O3Si. The highest BCUT2D eigenvalue weighted by Gasteiger charge is 2.46. The topological polar surface area (TPSA) is 105 Å². The molecule has 33 heavy (non-hydrogen) atoms.